The van der Waals surface area contributed by atoms with Crippen molar-refractivity contribution in [3.05, 3.63) is 29.3 Å². The van der Waals surface area contributed by atoms with E-state index in [9.17, 15) is 9.59 Å². The van der Waals surface area contributed by atoms with Gasteiger partial charge in [-0.1, -0.05) is 15.9 Å². The molecule has 0 radical (unpaired) electrons. The maximum atomic E-state index is 11.6. The van der Waals surface area contributed by atoms with Gasteiger partial charge in [0.1, 0.15) is 0 Å². The number of anilines is 1. The normalized spacial score (nSPS) is 10.1. The lowest BCUT2D eigenvalue weighted by molar-refractivity contribution is -0.116. The first-order valence-corrected chi connectivity index (χ1v) is 6.93. The molecule has 0 saturated heterocycles. The van der Waals surface area contributed by atoms with Gasteiger partial charge in [0.25, 0.3) is 0 Å². The van der Waals surface area contributed by atoms with E-state index < -0.39 is 5.91 Å². The largest absolute Gasteiger partial charge is 0.366 e. The quantitative estimate of drug-likeness (QED) is 0.626. The number of halogens is 1. The van der Waals surface area contributed by atoms with Crippen LogP contribution in [0.4, 0.5) is 5.69 Å². The van der Waals surface area contributed by atoms with Crippen LogP contribution in [-0.4, -0.2) is 17.1 Å². The van der Waals surface area contributed by atoms with Crippen LogP contribution in [-0.2, 0) is 4.79 Å². The summed E-state index contributed by atoms with van der Waals surface area (Å²) in [5.74, 6) is -0.473. The molecule has 0 aromatic heterocycles. The molecule has 0 atom stereocenters. The molecule has 2 amide bonds. The van der Waals surface area contributed by atoms with Crippen LogP contribution in [0.25, 0.3) is 0 Å². The second-order valence-electron chi connectivity index (χ2n) is 4.09. The van der Waals surface area contributed by atoms with E-state index in [1.165, 1.54) is 0 Å². The lowest BCUT2D eigenvalue weighted by Gasteiger charge is -2.09. The fraction of sp³-hybridized carbons (Fsp3) is 0.385. The van der Waals surface area contributed by atoms with E-state index in [0.717, 1.165) is 29.4 Å². The van der Waals surface area contributed by atoms with Gasteiger partial charge in [-0.3, -0.25) is 9.59 Å². The van der Waals surface area contributed by atoms with Gasteiger partial charge in [-0.15, -0.1) is 0 Å². The van der Waals surface area contributed by atoms with E-state index >= 15 is 0 Å². The van der Waals surface area contributed by atoms with Crippen LogP contribution < -0.4 is 11.1 Å². The first-order valence-electron chi connectivity index (χ1n) is 5.81. The predicted molar refractivity (Wildman–Crippen MR) is 76.0 cm³/mol. The van der Waals surface area contributed by atoms with Crippen molar-refractivity contribution in [2.75, 3.05) is 10.6 Å². The molecule has 0 heterocycles. The molecule has 5 heteroatoms. The van der Waals surface area contributed by atoms with E-state index in [1.54, 1.807) is 18.2 Å². The standard InChI is InChI=1S/C13H17BrN2O2/c1-9-8-10(13(15)18)5-6-11(9)16-12(17)4-2-3-7-14/h5-6,8H,2-4,7H2,1H3,(H2,15,18)(H,16,17). The molecule has 0 fully saturated rings. The van der Waals surface area contributed by atoms with E-state index in [-0.39, 0.29) is 5.91 Å². The molecule has 1 aromatic carbocycles. The van der Waals surface area contributed by atoms with Crippen LogP contribution in [0, 0.1) is 6.92 Å². The molecule has 1 rings (SSSR count). The second-order valence-corrected chi connectivity index (χ2v) is 4.88. The predicted octanol–water partition coefficient (Wildman–Crippen LogP) is 2.60. The van der Waals surface area contributed by atoms with Crippen molar-refractivity contribution in [1.29, 1.82) is 0 Å². The second kappa shape index (κ2) is 7.16. The number of carbonyl (C=O) groups excluding carboxylic acids is 2. The Bertz CT molecular complexity index is 447. The zero-order chi connectivity index (χ0) is 13.5. The highest BCUT2D eigenvalue weighted by atomic mass is 79.9. The molecule has 0 bridgehead atoms. The zero-order valence-electron chi connectivity index (χ0n) is 10.3. The van der Waals surface area contributed by atoms with Crippen LogP contribution in [0.2, 0.25) is 0 Å². The topological polar surface area (TPSA) is 72.2 Å². The molecule has 4 nitrogen and oxygen atoms in total. The average molecular weight is 313 g/mol. The number of nitrogens with two attached hydrogens (primary N) is 1. The minimum absolute atomic E-state index is 0.00845. The molecule has 0 unspecified atom stereocenters. The number of amides is 2. The first kappa shape index (κ1) is 14.7. The van der Waals surface area contributed by atoms with Gasteiger partial charge in [-0.2, -0.15) is 0 Å². The summed E-state index contributed by atoms with van der Waals surface area (Å²) in [6.45, 7) is 1.83. The van der Waals surface area contributed by atoms with Crippen molar-refractivity contribution >= 4 is 33.4 Å². The van der Waals surface area contributed by atoms with Gasteiger partial charge in [-0.25, -0.2) is 0 Å². The number of unbranched alkanes of at least 4 members (excludes halogenated alkanes) is 1. The Morgan fingerprint density at radius 2 is 2.06 bits per heavy atom. The minimum atomic E-state index is -0.465. The van der Waals surface area contributed by atoms with Gasteiger partial charge in [-0.05, 0) is 43.5 Å². The number of nitrogens with one attached hydrogen (secondary N) is 1. The Hall–Kier alpha value is -1.36. The lowest BCUT2D eigenvalue weighted by Crippen LogP contribution is -2.14. The number of hydrogen-bond donors (Lipinski definition) is 2. The van der Waals surface area contributed by atoms with E-state index in [1.807, 2.05) is 6.92 Å². The summed E-state index contributed by atoms with van der Waals surface area (Å²) in [4.78, 5) is 22.6. The molecule has 0 aliphatic heterocycles. The molecule has 0 aliphatic carbocycles. The van der Waals surface area contributed by atoms with Crippen molar-refractivity contribution < 1.29 is 9.59 Å². The molecular weight excluding hydrogens is 296 g/mol. The Labute approximate surface area is 115 Å². The maximum absolute atomic E-state index is 11.6. The van der Waals surface area contributed by atoms with Crippen molar-refractivity contribution in [3.8, 4) is 0 Å². The smallest absolute Gasteiger partial charge is 0.248 e. The third-order valence-corrected chi connectivity index (χ3v) is 3.13. The summed E-state index contributed by atoms with van der Waals surface area (Å²) in [5.41, 5.74) is 7.19. The highest BCUT2D eigenvalue weighted by Gasteiger charge is 2.07. The summed E-state index contributed by atoms with van der Waals surface area (Å²) in [5, 5.41) is 3.74. The summed E-state index contributed by atoms with van der Waals surface area (Å²) in [6.07, 6.45) is 2.34. The number of carbonyl (C=O) groups is 2. The van der Waals surface area contributed by atoms with Gasteiger partial charge >= 0.3 is 0 Å². The van der Waals surface area contributed by atoms with Gasteiger partial charge < -0.3 is 11.1 Å². The SMILES string of the molecule is Cc1cc(C(N)=O)ccc1NC(=O)CCCCBr. The monoisotopic (exact) mass is 312 g/mol. The number of benzene rings is 1. The number of hydrogen-bond acceptors (Lipinski definition) is 2. The highest BCUT2D eigenvalue weighted by molar-refractivity contribution is 9.09. The van der Waals surface area contributed by atoms with Crippen molar-refractivity contribution in [2.45, 2.75) is 26.2 Å². The Morgan fingerprint density at radius 1 is 1.33 bits per heavy atom. The molecule has 0 aliphatic rings. The Kier molecular flexibility index (Phi) is 5.85. The average Bonchev–Trinajstić information content (AvgIpc) is 2.32. The van der Waals surface area contributed by atoms with Crippen LogP contribution in [0.5, 0.6) is 0 Å². The number of aryl methyl sites for hydroxylation is 1. The highest BCUT2D eigenvalue weighted by Crippen LogP contribution is 2.17. The molecule has 0 saturated carbocycles. The molecular formula is C13H17BrN2O2. The van der Waals surface area contributed by atoms with Gasteiger partial charge in [0.05, 0.1) is 0 Å². The summed E-state index contributed by atoms with van der Waals surface area (Å²) >= 11 is 3.32. The van der Waals surface area contributed by atoms with Gasteiger partial charge in [0.15, 0.2) is 0 Å². The van der Waals surface area contributed by atoms with Crippen LogP contribution in [0.1, 0.15) is 35.2 Å². The van der Waals surface area contributed by atoms with Crippen LogP contribution >= 0.6 is 15.9 Å². The minimum Gasteiger partial charge on any atom is -0.366 e. The Balaban J connectivity index is 2.62. The molecule has 0 spiro atoms. The number of primary amides is 1. The fourth-order valence-electron chi connectivity index (χ4n) is 1.55. The van der Waals surface area contributed by atoms with Crippen molar-refractivity contribution in [1.82, 2.24) is 0 Å². The van der Waals surface area contributed by atoms with E-state index in [0.29, 0.717) is 12.0 Å². The van der Waals surface area contributed by atoms with Crippen LogP contribution in [0.15, 0.2) is 18.2 Å². The first-order chi connectivity index (χ1) is 8.54. The summed E-state index contributed by atoms with van der Waals surface area (Å²) in [7, 11) is 0. The number of rotatable bonds is 6. The van der Waals surface area contributed by atoms with Crippen molar-refractivity contribution in [2.24, 2.45) is 5.73 Å². The molecule has 18 heavy (non-hydrogen) atoms. The van der Waals surface area contributed by atoms with Gasteiger partial charge in [0, 0.05) is 23.0 Å². The summed E-state index contributed by atoms with van der Waals surface area (Å²) < 4.78 is 0. The number of alkyl halides is 1. The van der Waals surface area contributed by atoms with E-state index in [2.05, 4.69) is 21.2 Å². The molecule has 3 N–H and O–H groups in total. The molecule has 98 valence electrons. The zero-order valence-corrected chi connectivity index (χ0v) is 11.9. The Morgan fingerprint density at radius 3 is 2.61 bits per heavy atom. The fourth-order valence-corrected chi connectivity index (χ4v) is 1.95. The third kappa shape index (κ3) is 4.49. The van der Waals surface area contributed by atoms with Gasteiger partial charge in [0.2, 0.25) is 11.8 Å². The lowest BCUT2D eigenvalue weighted by atomic mass is 10.1. The van der Waals surface area contributed by atoms with Crippen molar-refractivity contribution in [3.63, 3.8) is 0 Å². The van der Waals surface area contributed by atoms with E-state index in [4.69, 9.17) is 5.73 Å². The maximum Gasteiger partial charge on any atom is 0.248 e. The summed E-state index contributed by atoms with van der Waals surface area (Å²) in [6, 6.07) is 5.00. The van der Waals surface area contributed by atoms with Crippen LogP contribution in [0.3, 0.4) is 0 Å². The molecule has 1 aromatic rings. The third-order valence-electron chi connectivity index (χ3n) is 2.57.